The van der Waals surface area contributed by atoms with Crippen LogP contribution in [0.5, 0.6) is 11.5 Å². The van der Waals surface area contributed by atoms with Crippen molar-refractivity contribution in [2.45, 2.75) is 31.7 Å². The predicted molar refractivity (Wildman–Crippen MR) is 132 cm³/mol. The van der Waals surface area contributed by atoms with E-state index in [1.54, 1.807) is 6.20 Å². The van der Waals surface area contributed by atoms with Gasteiger partial charge in [0, 0.05) is 36.4 Å². The quantitative estimate of drug-likeness (QED) is 0.385. The Hall–Kier alpha value is -3.93. The van der Waals surface area contributed by atoms with E-state index in [0.29, 0.717) is 13.1 Å². The Morgan fingerprint density at radius 2 is 2.00 bits per heavy atom. The van der Waals surface area contributed by atoms with E-state index < -0.39 is 0 Å². The number of rotatable bonds is 5. The van der Waals surface area contributed by atoms with E-state index in [1.165, 1.54) is 23.6 Å². The first kappa shape index (κ1) is 20.7. The summed E-state index contributed by atoms with van der Waals surface area (Å²) in [5.74, 6) is 1.75. The second-order valence-corrected chi connectivity index (χ2v) is 8.99. The van der Waals surface area contributed by atoms with Gasteiger partial charge in [-0.25, -0.2) is 0 Å². The first-order valence-electron chi connectivity index (χ1n) is 11.8. The molecule has 0 unspecified atom stereocenters. The molecule has 0 bridgehead atoms. The van der Waals surface area contributed by atoms with Crippen molar-refractivity contribution in [2.24, 2.45) is 0 Å². The third-order valence-corrected chi connectivity index (χ3v) is 6.96. The highest BCUT2D eigenvalue weighted by molar-refractivity contribution is 5.93. The summed E-state index contributed by atoms with van der Waals surface area (Å²) in [7, 11) is 0. The summed E-state index contributed by atoms with van der Waals surface area (Å²) < 4.78 is 8.30. The molecule has 1 atom stereocenters. The normalized spacial score (nSPS) is 17.2. The second-order valence-electron chi connectivity index (χ2n) is 8.99. The fourth-order valence-electron chi connectivity index (χ4n) is 5.24. The molecule has 1 aliphatic carbocycles. The maximum atomic E-state index is 12.1. The number of hydrogen-bond acceptors (Lipinski definition) is 4. The molecule has 1 amide bonds. The number of likely N-dealkylation sites (tertiary alicyclic amines) is 1. The Kier molecular flexibility index (Phi) is 5.13. The van der Waals surface area contributed by atoms with E-state index in [0.717, 1.165) is 52.9 Å². The summed E-state index contributed by atoms with van der Waals surface area (Å²) in [4.78, 5) is 18.2. The van der Waals surface area contributed by atoms with Crippen LogP contribution >= 0.6 is 0 Å². The summed E-state index contributed by atoms with van der Waals surface area (Å²) in [6.07, 6.45) is 9.32. The highest BCUT2D eigenvalue weighted by Gasteiger charge is 2.28. The predicted octanol–water partition coefficient (Wildman–Crippen LogP) is 5.34. The van der Waals surface area contributed by atoms with Crippen molar-refractivity contribution in [1.29, 1.82) is 0 Å². The Morgan fingerprint density at radius 1 is 1.12 bits per heavy atom. The third kappa shape index (κ3) is 3.55. The zero-order valence-corrected chi connectivity index (χ0v) is 19.0. The Labute approximate surface area is 198 Å². The largest absolute Gasteiger partial charge is 0.457 e. The van der Waals surface area contributed by atoms with Crippen molar-refractivity contribution in [3.63, 3.8) is 0 Å². The number of amides is 1. The van der Waals surface area contributed by atoms with Crippen LogP contribution in [-0.2, 0) is 17.6 Å². The Morgan fingerprint density at radius 3 is 2.85 bits per heavy atom. The standard InChI is InChI=1S/C28H26N4O2/c1-2-27(33)31-16-14-21(18-31)32-25-13-15-29-17-24(25)28(30-32)20-9-11-22(12-10-20)34-26-8-4-6-19-5-3-7-23(19)26/h2,4,6,8-13,15,17,21H,1,3,5,7,14,16,18H2/t21-/m1/s1. The van der Waals surface area contributed by atoms with Crippen LogP contribution in [0.15, 0.2) is 73.6 Å². The van der Waals surface area contributed by atoms with Gasteiger partial charge in [-0.15, -0.1) is 0 Å². The van der Waals surface area contributed by atoms with E-state index in [9.17, 15) is 4.79 Å². The van der Waals surface area contributed by atoms with Crippen LogP contribution in [0, 0.1) is 0 Å². The monoisotopic (exact) mass is 450 g/mol. The van der Waals surface area contributed by atoms with Crippen LogP contribution in [0.25, 0.3) is 22.2 Å². The minimum Gasteiger partial charge on any atom is -0.457 e. The van der Waals surface area contributed by atoms with Crippen LogP contribution in [0.3, 0.4) is 0 Å². The molecule has 1 fully saturated rings. The van der Waals surface area contributed by atoms with E-state index in [2.05, 4.69) is 46.6 Å². The number of hydrogen-bond donors (Lipinski definition) is 0. The number of carbonyl (C=O) groups is 1. The van der Waals surface area contributed by atoms with Crippen LogP contribution in [-0.4, -0.2) is 38.7 Å². The van der Waals surface area contributed by atoms with Gasteiger partial charge in [0.1, 0.15) is 17.2 Å². The number of carbonyl (C=O) groups excluding carboxylic acids is 1. The molecule has 34 heavy (non-hydrogen) atoms. The van der Waals surface area contributed by atoms with Gasteiger partial charge in [-0.2, -0.15) is 5.10 Å². The van der Waals surface area contributed by atoms with Crippen molar-refractivity contribution in [1.82, 2.24) is 19.7 Å². The maximum absolute atomic E-state index is 12.1. The molecule has 1 aliphatic heterocycles. The molecule has 0 saturated carbocycles. The molecule has 3 heterocycles. The van der Waals surface area contributed by atoms with Gasteiger partial charge >= 0.3 is 0 Å². The molecule has 0 spiro atoms. The number of fused-ring (bicyclic) bond motifs is 2. The van der Waals surface area contributed by atoms with Crippen molar-refractivity contribution >= 4 is 16.8 Å². The Bertz CT molecular complexity index is 1390. The number of pyridine rings is 1. The topological polar surface area (TPSA) is 60.2 Å². The summed E-state index contributed by atoms with van der Waals surface area (Å²) in [6, 6.07) is 16.6. The molecule has 6 heteroatoms. The number of aromatic nitrogens is 3. The zero-order chi connectivity index (χ0) is 23.1. The van der Waals surface area contributed by atoms with Crippen LogP contribution in [0.1, 0.15) is 30.0 Å². The first-order valence-corrected chi connectivity index (χ1v) is 11.8. The van der Waals surface area contributed by atoms with Gasteiger partial charge in [0.15, 0.2) is 0 Å². The van der Waals surface area contributed by atoms with E-state index in [4.69, 9.17) is 9.84 Å². The van der Waals surface area contributed by atoms with E-state index >= 15 is 0 Å². The molecule has 1 saturated heterocycles. The molecule has 0 N–H and O–H groups in total. The van der Waals surface area contributed by atoms with Gasteiger partial charge in [0.2, 0.25) is 5.91 Å². The van der Waals surface area contributed by atoms with Gasteiger partial charge in [0.25, 0.3) is 0 Å². The van der Waals surface area contributed by atoms with Gasteiger partial charge in [0.05, 0.1) is 11.6 Å². The SMILES string of the molecule is C=CC(=O)N1CC[C@@H](n2nc(-c3ccc(Oc4cccc5c4CCC5)cc3)c3cnccc32)C1. The van der Waals surface area contributed by atoms with Gasteiger partial charge in [-0.1, -0.05) is 18.7 Å². The molecule has 0 radical (unpaired) electrons. The first-order chi connectivity index (χ1) is 16.7. The second kappa shape index (κ2) is 8.45. The number of nitrogens with zero attached hydrogens (tertiary/aromatic N) is 4. The Balaban J connectivity index is 1.30. The molecule has 4 aromatic rings. The van der Waals surface area contributed by atoms with Crippen molar-refractivity contribution < 1.29 is 9.53 Å². The molecule has 6 nitrogen and oxygen atoms in total. The fraction of sp³-hybridized carbons (Fsp3) is 0.250. The molecular formula is C28H26N4O2. The number of benzene rings is 2. The summed E-state index contributed by atoms with van der Waals surface area (Å²) in [6.45, 7) is 4.97. The lowest BCUT2D eigenvalue weighted by Crippen LogP contribution is -2.27. The lowest BCUT2D eigenvalue weighted by Gasteiger charge is -2.15. The molecule has 2 aromatic carbocycles. The fourth-order valence-corrected chi connectivity index (χ4v) is 5.24. The van der Waals surface area contributed by atoms with Crippen LogP contribution in [0.2, 0.25) is 0 Å². The molecule has 170 valence electrons. The zero-order valence-electron chi connectivity index (χ0n) is 19.0. The molecule has 6 rings (SSSR count). The maximum Gasteiger partial charge on any atom is 0.246 e. The number of aryl methyl sites for hydroxylation is 1. The van der Waals surface area contributed by atoms with E-state index in [1.807, 2.05) is 29.3 Å². The van der Waals surface area contributed by atoms with Crippen molar-refractivity contribution in [3.05, 3.63) is 84.7 Å². The van der Waals surface area contributed by atoms with Gasteiger partial charge in [-0.05, 0) is 79.3 Å². The average molecular weight is 451 g/mol. The minimum absolute atomic E-state index is 0.0273. The van der Waals surface area contributed by atoms with Crippen molar-refractivity contribution in [2.75, 3.05) is 13.1 Å². The van der Waals surface area contributed by atoms with Crippen molar-refractivity contribution in [3.8, 4) is 22.8 Å². The molecule has 2 aliphatic rings. The summed E-state index contributed by atoms with van der Waals surface area (Å²) in [5.41, 5.74) is 5.67. The highest BCUT2D eigenvalue weighted by atomic mass is 16.5. The van der Waals surface area contributed by atoms with Crippen LogP contribution in [0.4, 0.5) is 0 Å². The smallest absolute Gasteiger partial charge is 0.246 e. The lowest BCUT2D eigenvalue weighted by atomic mass is 10.1. The molecular weight excluding hydrogens is 424 g/mol. The minimum atomic E-state index is -0.0273. The van der Waals surface area contributed by atoms with Crippen LogP contribution < -0.4 is 4.74 Å². The van der Waals surface area contributed by atoms with Gasteiger partial charge < -0.3 is 9.64 Å². The summed E-state index contributed by atoms with van der Waals surface area (Å²) in [5, 5.41) is 6.00. The van der Waals surface area contributed by atoms with E-state index in [-0.39, 0.29) is 11.9 Å². The average Bonchev–Trinajstić information content (AvgIpc) is 3.62. The summed E-state index contributed by atoms with van der Waals surface area (Å²) >= 11 is 0. The highest BCUT2D eigenvalue weighted by Crippen LogP contribution is 2.36. The van der Waals surface area contributed by atoms with Gasteiger partial charge in [-0.3, -0.25) is 14.5 Å². The lowest BCUT2D eigenvalue weighted by molar-refractivity contribution is -0.125. The third-order valence-electron chi connectivity index (χ3n) is 6.96. The number of ether oxygens (including phenoxy) is 1. The molecule has 2 aromatic heterocycles.